The molecule has 1 aromatic rings. The van der Waals surface area contributed by atoms with Crippen LogP contribution in [0.1, 0.15) is 43.9 Å². The Morgan fingerprint density at radius 3 is 2.50 bits per heavy atom. The van der Waals surface area contributed by atoms with E-state index in [9.17, 15) is 4.39 Å². The number of rotatable bonds is 4. The van der Waals surface area contributed by atoms with Crippen molar-refractivity contribution in [1.82, 2.24) is 0 Å². The third kappa shape index (κ3) is 3.19. The Morgan fingerprint density at radius 2 is 1.94 bits per heavy atom. The highest BCUT2D eigenvalue weighted by Gasteiger charge is 2.17. The zero-order chi connectivity index (χ0) is 12.3. The summed E-state index contributed by atoms with van der Waals surface area (Å²) in [6.45, 7) is 6.11. The van der Waals surface area contributed by atoms with Gasteiger partial charge in [-0.05, 0) is 37.3 Å². The number of aryl methyl sites for hydroxylation is 1. The maximum atomic E-state index is 13.6. The topological polar surface area (TPSA) is 26.0 Å². The minimum absolute atomic E-state index is 0.299. The second-order valence-electron chi connectivity index (χ2n) is 4.67. The summed E-state index contributed by atoms with van der Waals surface area (Å²) >= 11 is 6.09. The summed E-state index contributed by atoms with van der Waals surface area (Å²) in [7, 11) is 0. The molecule has 90 valence electrons. The zero-order valence-corrected chi connectivity index (χ0v) is 10.8. The molecule has 0 aromatic heterocycles. The average molecular weight is 244 g/mol. The Balaban J connectivity index is 2.90. The number of hydrogen-bond acceptors (Lipinski definition) is 1. The molecule has 0 radical (unpaired) electrons. The van der Waals surface area contributed by atoms with Crippen molar-refractivity contribution in [2.24, 2.45) is 11.7 Å². The van der Waals surface area contributed by atoms with Crippen LogP contribution < -0.4 is 5.73 Å². The van der Waals surface area contributed by atoms with Crippen LogP contribution in [0.25, 0.3) is 0 Å². The summed E-state index contributed by atoms with van der Waals surface area (Å²) < 4.78 is 13.6. The van der Waals surface area contributed by atoms with Crippen LogP contribution in [0.2, 0.25) is 5.02 Å². The van der Waals surface area contributed by atoms with Crippen molar-refractivity contribution in [3.63, 3.8) is 0 Å². The van der Waals surface area contributed by atoms with Gasteiger partial charge >= 0.3 is 0 Å². The molecule has 0 saturated carbocycles. The molecule has 0 heterocycles. The molecule has 1 atom stereocenters. The van der Waals surface area contributed by atoms with Crippen LogP contribution in [0.4, 0.5) is 4.39 Å². The smallest absolute Gasteiger partial charge is 0.129 e. The standard InChI is InChI=1S/C13H19ClFN/c1-8(2)4-7-11(16)12-10(15)6-5-9(3)13(12)14/h5-6,8,11H,4,7,16H2,1-3H3/t11-/m0/s1. The highest BCUT2D eigenvalue weighted by atomic mass is 35.5. The molecule has 0 aliphatic heterocycles. The molecule has 3 heteroatoms. The third-order valence-electron chi connectivity index (χ3n) is 2.75. The van der Waals surface area contributed by atoms with Crippen LogP contribution in [0.15, 0.2) is 12.1 Å². The molecule has 1 aromatic carbocycles. The molecule has 0 spiro atoms. The summed E-state index contributed by atoms with van der Waals surface area (Å²) in [4.78, 5) is 0. The highest BCUT2D eigenvalue weighted by molar-refractivity contribution is 6.32. The van der Waals surface area contributed by atoms with Gasteiger partial charge in [0.15, 0.2) is 0 Å². The monoisotopic (exact) mass is 243 g/mol. The van der Waals surface area contributed by atoms with Crippen molar-refractivity contribution in [2.45, 2.75) is 39.7 Å². The molecule has 0 aliphatic rings. The van der Waals surface area contributed by atoms with E-state index in [0.717, 1.165) is 18.4 Å². The summed E-state index contributed by atoms with van der Waals surface area (Å²) in [6, 6.07) is 2.80. The van der Waals surface area contributed by atoms with Gasteiger partial charge in [0, 0.05) is 11.6 Å². The van der Waals surface area contributed by atoms with Crippen molar-refractivity contribution in [1.29, 1.82) is 0 Å². The fraction of sp³-hybridized carbons (Fsp3) is 0.538. The molecule has 0 unspecified atom stereocenters. The normalized spacial score (nSPS) is 13.2. The SMILES string of the molecule is Cc1ccc(F)c([C@@H](N)CCC(C)C)c1Cl. The Morgan fingerprint density at radius 1 is 1.31 bits per heavy atom. The minimum atomic E-state index is -0.310. The number of hydrogen-bond donors (Lipinski definition) is 1. The first kappa shape index (κ1) is 13.5. The van der Waals surface area contributed by atoms with E-state index in [0.29, 0.717) is 16.5 Å². The molecule has 16 heavy (non-hydrogen) atoms. The molecule has 0 saturated heterocycles. The van der Waals surface area contributed by atoms with E-state index in [-0.39, 0.29) is 11.9 Å². The number of benzene rings is 1. The predicted octanol–water partition coefficient (Wildman–Crippen LogP) is 4.22. The maximum absolute atomic E-state index is 13.6. The van der Waals surface area contributed by atoms with E-state index in [1.54, 1.807) is 6.07 Å². The van der Waals surface area contributed by atoms with Gasteiger partial charge in [0.05, 0.1) is 5.02 Å². The van der Waals surface area contributed by atoms with Crippen molar-refractivity contribution in [3.8, 4) is 0 Å². The lowest BCUT2D eigenvalue weighted by Crippen LogP contribution is -2.14. The van der Waals surface area contributed by atoms with Crippen molar-refractivity contribution >= 4 is 11.6 Å². The molecule has 1 rings (SSSR count). The first-order valence-electron chi connectivity index (χ1n) is 5.63. The number of nitrogens with two attached hydrogens (primary N) is 1. The van der Waals surface area contributed by atoms with E-state index < -0.39 is 0 Å². The molecule has 0 aliphatic carbocycles. The lowest BCUT2D eigenvalue weighted by molar-refractivity contribution is 0.491. The van der Waals surface area contributed by atoms with Crippen LogP contribution in [0, 0.1) is 18.7 Å². The van der Waals surface area contributed by atoms with Crippen LogP contribution in [-0.4, -0.2) is 0 Å². The largest absolute Gasteiger partial charge is 0.324 e. The summed E-state index contributed by atoms with van der Waals surface area (Å²) in [5, 5.41) is 0.469. The van der Waals surface area contributed by atoms with Crippen LogP contribution >= 0.6 is 11.6 Å². The summed E-state index contributed by atoms with van der Waals surface area (Å²) in [6.07, 6.45) is 1.74. The zero-order valence-electron chi connectivity index (χ0n) is 10.1. The fourth-order valence-corrected chi connectivity index (χ4v) is 1.97. The van der Waals surface area contributed by atoms with E-state index >= 15 is 0 Å². The highest BCUT2D eigenvalue weighted by Crippen LogP contribution is 2.30. The van der Waals surface area contributed by atoms with E-state index in [2.05, 4.69) is 13.8 Å². The molecular weight excluding hydrogens is 225 g/mol. The summed E-state index contributed by atoms with van der Waals surface area (Å²) in [5.41, 5.74) is 7.32. The van der Waals surface area contributed by atoms with Gasteiger partial charge in [-0.2, -0.15) is 0 Å². The molecule has 0 amide bonds. The minimum Gasteiger partial charge on any atom is -0.324 e. The molecular formula is C13H19ClFN. The fourth-order valence-electron chi connectivity index (χ4n) is 1.68. The average Bonchev–Trinajstić information content (AvgIpc) is 2.21. The van der Waals surface area contributed by atoms with Gasteiger partial charge < -0.3 is 5.73 Å². The quantitative estimate of drug-likeness (QED) is 0.842. The lowest BCUT2D eigenvalue weighted by atomic mass is 9.97. The summed E-state index contributed by atoms with van der Waals surface area (Å²) in [5.74, 6) is 0.268. The Labute approximate surface area is 102 Å². The van der Waals surface area contributed by atoms with E-state index in [1.165, 1.54) is 6.07 Å². The second-order valence-corrected chi connectivity index (χ2v) is 5.05. The van der Waals surface area contributed by atoms with Crippen LogP contribution in [0.3, 0.4) is 0 Å². The Hall–Kier alpha value is -0.600. The second kappa shape index (κ2) is 5.65. The predicted molar refractivity (Wildman–Crippen MR) is 67.1 cm³/mol. The molecule has 1 nitrogen and oxygen atoms in total. The van der Waals surface area contributed by atoms with Gasteiger partial charge in [0.2, 0.25) is 0 Å². The maximum Gasteiger partial charge on any atom is 0.129 e. The Bertz CT molecular complexity index is 363. The van der Waals surface area contributed by atoms with Crippen molar-refractivity contribution < 1.29 is 4.39 Å². The van der Waals surface area contributed by atoms with Crippen LogP contribution in [0.5, 0.6) is 0 Å². The van der Waals surface area contributed by atoms with E-state index in [1.807, 2.05) is 6.92 Å². The number of halogens is 2. The third-order valence-corrected chi connectivity index (χ3v) is 3.25. The molecule has 2 N–H and O–H groups in total. The van der Waals surface area contributed by atoms with Gasteiger partial charge in [-0.15, -0.1) is 0 Å². The van der Waals surface area contributed by atoms with Crippen molar-refractivity contribution in [2.75, 3.05) is 0 Å². The van der Waals surface area contributed by atoms with E-state index in [4.69, 9.17) is 17.3 Å². The van der Waals surface area contributed by atoms with Crippen molar-refractivity contribution in [3.05, 3.63) is 34.1 Å². The first-order chi connectivity index (χ1) is 7.43. The van der Waals surface area contributed by atoms with Crippen LogP contribution in [-0.2, 0) is 0 Å². The van der Waals surface area contributed by atoms with Gasteiger partial charge in [-0.1, -0.05) is 31.5 Å². The first-order valence-corrected chi connectivity index (χ1v) is 6.01. The molecule has 0 bridgehead atoms. The van der Waals surface area contributed by atoms with Gasteiger partial charge in [-0.25, -0.2) is 4.39 Å². The Kier molecular flexibility index (Phi) is 4.75. The lowest BCUT2D eigenvalue weighted by Gasteiger charge is -2.17. The van der Waals surface area contributed by atoms with Gasteiger partial charge in [0.25, 0.3) is 0 Å². The molecule has 0 fully saturated rings. The van der Waals surface area contributed by atoms with Gasteiger partial charge in [0.1, 0.15) is 5.82 Å². The van der Waals surface area contributed by atoms with Gasteiger partial charge in [-0.3, -0.25) is 0 Å².